The van der Waals surface area contributed by atoms with Crippen LogP contribution in [0.5, 0.6) is 0 Å². The van der Waals surface area contributed by atoms with Gasteiger partial charge < -0.3 is 15.4 Å². The molecule has 1 aromatic carbocycles. The quantitative estimate of drug-likeness (QED) is 0.871. The van der Waals surface area contributed by atoms with Crippen LogP contribution in [0.25, 0.3) is 0 Å². The number of hydrogen-bond donors (Lipinski definition) is 2. The topological polar surface area (TPSA) is 67.4 Å². The van der Waals surface area contributed by atoms with Crippen molar-refractivity contribution in [1.29, 1.82) is 0 Å². The highest BCUT2D eigenvalue weighted by atomic mass is 35.5. The van der Waals surface area contributed by atoms with Gasteiger partial charge in [0.15, 0.2) is 0 Å². The Hall–Kier alpha value is -1.75. The molecule has 0 saturated heterocycles. The number of nitrogens with one attached hydrogen (secondary N) is 2. The van der Waals surface area contributed by atoms with Crippen molar-refractivity contribution in [3.63, 3.8) is 0 Å². The Kier molecular flexibility index (Phi) is 6.68. The number of rotatable bonds is 5. The van der Waals surface area contributed by atoms with Crippen molar-refractivity contribution in [2.75, 3.05) is 6.54 Å². The van der Waals surface area contributed by atoms with E-state index < -0.39 is 11.7 Å². The van der Waals surface area contributed by atoms with E-state index in [1.54, 1.807) is 26.8 Å². The van der Waals surface area contributed by atoms with Gasteiger partial charge in [-0.1, -0.05) is 29.8 Å². The zero-order chi connectivity index (χ0) is 16.8. The van der Waals surface area contributed by atoms with Crippen molar-refractivity contribution in [2.45, 2.75) is 45.8 Å². The van der Waals surface area contributed by atoms with Crippen LogP contribution in [0.15, 0.2) is 24.3 Å². The first kappa shape index (κ1) is 18.3. The second-order valence-electron chi connectivity index (χ2n) is 5.99. The molecule has 1 aromatic rings. The van der Waals surface area contributed by atoms with Crippen LogP contribution >= 0.6 is 11.6 Å². The van der Waals surface area contributed by atoms with Gasteiger partial charge in [-0.2, -0.15) is 0 Å². The Labute approximate surface area is 136 Å². The van der Waals surface area contributed by atoms with Crippen LogP contribution in [0.2, 0.25) is 5.02 Å². The molecule has 1 atom stereocenters. The summed E-state index contributed by atoms with van der Waals surface area (Å²) in [7, 11) is 0. The molecule has 22 heavy (non-hydrogen) atoms. The Morgan fingerprint density at radius 3 is 2.50 bits per heavy atom. The van der Waals surface area contributed by atoms with Crippen LogP contribution in [0.3, 0.4) is 0 Å². The van der Waals surface area contributed by atoms with Gasteiger partial charge in [-0.25, -0.2) is 4.79 Å². The molecule has 0 heterocycles. The number of alkyl carbamates (subject to hydrolysis) is 1. The fraction of sp³-hybridized carbons (Fsp3) is 0.500. The van der Waals surface area contributed by atoms with Crippen molar-refractivity contribution in [3.8, 4) is 0 Å². The maximum atomic E-state index is 11.9. The number of benzene rings is 1. The number of ether oxygens (including phenoxy) is 1. The van der Waals surface area contributed by atoms with Crippen LogP contribution in [0.1, 0.15) is 45.7 Å². The lowest BCUT2D eigenvalue weighted by Crippen LogP contribution is -2.35. The smallest absolute Gasteiger partial charge is 0.407 e. The summed E-state index contributed by atoms with van der Waals surface area (Å²) in [6.45, 7) is 7.43. The molecule has 0 radical (unpaired) electrons. The first-order valence-electron chi connectivity index (χ1n) is 7.19. The highest BCUT2D eigenvalue weighted by molar-refractivity contribution is 6.31. The Morgan fingerprint density at radius 2 is 1.91 bits per heavy atom. The predicted octanol–water partition coefficient (Wildman–Crippen LogP) is 3.43. The van der Waals surface area contributed by atoms with E-state index in [0.717, 1.165) is 5.56 Å². The summed E-state index contributed by atoms with van der Waals surface area (Å²) in [6, 6.07) is 7.16. The van der Waals surface area contributed by atoms with Crippen molar-refractivity contribution in [2.24, 2.45) is 0 Å². The Balaban J connectivity index is 2.35. The first-order valence-corrected chi connectivity index (χ1v) is 7.57. The van der Waals surface area contributed by atoms with E-state index in [-0.39, 0.29) is 24.9 Å². The number of halogens is 1. The summed E-state index contributed by atoms with van der Waals surface area (Å²) in [5, 5.41) is 6.00. The molecule has 0 unspecified atom stereocenters. The van der Waals surface area contributed by atoms with E-state index in [2.05, 4.69) is 10.6 Å². The van der Waals surface area contributed by atoms with Crippen LogP contribution in [0, 0.1) is 0 Å². The lowest BCUT2D eigenvalue weighted by Gasteiger charge is -2.20. The van der Waals surface area contributed by atoms with E-state index in [1.807, 2.05) is 25.1 Å². The minimum Gasteiger partial charge on any atom is -0.444 e. The standard InChI is InChI=1S/C16H23ClN2O3/c1-11(12-7-5-6-8-13(12)17)19-14(20)9-10-18-15(21)22-16(2,3)4/h5-8,11H,9-10H2,1-4H3,(H,18,21)(H,19,20)/t11-/m0/s1. The Morgan fingerprint density at radius 1 is 1.27 bits per heavy atom. The zero-order valence-electron chi connectivity index (χ0n) is 13.4. The normalized spacial score (nSPS) is 12.4. The summed E-state index contributed by atoms with van der Waals surface area (Å²) in [5.74, 6) is -0.163. The zero-order valence-corrected chi connectivity index (χ0v) is 14.2. The van der Waals surface area contributed by atoms with Gasteiger partial charge in [-0.3, -0.25) is 4.79 Å². The van der Waals surface area contributed by atoms with Gasteiger partial charge in [0.25, 0.3) is 0 Å². The molecule has 0 aliphatic rings. The lowest BCUT2D eigenvalue weighted by molar-refractivity contribution is -0.121. The molecule has 0 bridgehead atoms. The van der Waals surface area contributed by atoms with E-state index in [1.165, 1.54) is 0 Å². The monoisotopic (exact) mass is 326 g/mol. The third kappa shape index (κ3) is 6.80. The largest absolute Gasteiger partial charge is 0.444 e. The maximum Gasteiger partial charge on any atom is 0.407 e. The van der Waals surface area contributed by atoms with Gasteiger partial charge >= 0.3 is 6.09 Å². The first-order chi connectivity index (χ1) is 10.2. The van der Waals surface area contributed by atoms with Crippen molar-refractivity contribution >= 4 is 23.6 Å². The second kappa shape index (κ2) is 8.03. The minimum absolute atomic E-state index is 0.163. The average Bonchev–Trinajstić information content (AvgIpc) is 2.36. The molecular weight excluding hydrogens is 304 g/mol. The predicted molar refractivity (Wildman–Crippen MR) is 86.9 cm³/mol. The molecular formula is C16H23ClN2O3. The van der Waals surface area contributed by atoms with Gasteiger partial charge in [-0.05, 0) is 39.3 Å². The lowest BCUT2D eigenvalue weighted by atomic mass is 10.1. The molecule has 0 spiro atoms. The molecule has 0 aliphatic heterocycles. The second-order valence-corrected chi connectivity index (χ2v) is 6.40. The van der Waals surface area contributed by atoms with E-state index in [9.17, 15) is 9.59 Å². The Bertz CT molecular complexity index is 526. The molecule has 2 N–H and O–H groups in total. The SMILES string of the molecule is C[C@H](NC(=O)CCNC(=O)OC(C)(C)C)c1ccccc1Cl. The van der Waals surface area contributed by atoms with Crippen LogP contribution in [-0.4, -0.2) is 24.1 Å². The molecule has 6 heteroatoms. The summed E-state index contributed by atoms with van der Waals surface area (Å²) in [6.07, 6.45) is -0.354. The summed E-state index contributed by atoms with van der Waals surface area (Å²) >= 11 is 6.09. The van der Waals surface area contributed by atoms with Crippen LogP contribution < -0.4 is 10.6 Å². The van der Waals surface area contributed by atoms with E-state index >= 15 is 0 Å². The third-order valence-electron chi connectivity index (χ3n) is 2.77. The summed E-state index contributed by atoms with van der Waals surface area (Å²) in [5.41, 5.74) is 0.308. The number of carbonyl (C=O) groups excluding carboxylic acids is 2. The summed E-state index contributed by atoms with van der Waals surface area (Å²) in [4.78, 5) is 23.3. The molecule has 2 amide bonds. The van der Waals surface area contributed by atoms with Crippen molar-refractivity contribution in [3.05, 3.63) is 34.9 Å². The average molecular weight is 327 g/mol. The molecule has 0 fully saturated rings. The molecule has 1 rings (SSSR count). The van der Waals surface area contributed by atoms with Gasteiger partial charge in [0.2, 0.25) is 5.91 Å². The molecule has 122 valence electrons. The van der Waals surface area contributed by atoms with Gasteiger partial charge in [-0.15, -0.1) is 0 Å². The third-order valence-corrected chi connectivity index (χ3v) is 3.11. The van der Waals surface area contributed by atoms with Gasteiger partial charge in [0.05, 0.1) is 6.04 Å². The van der Waals surface area contributed by atoms with Gasteiger partial charge in [0, 0.05) is 18.0 Å². The number of carbonyl (C=O) groups is 2. The number of hydrogen-bond acceptors (Lipinski definition) is 3. The fourth-order valence-electron chi connectivity index (χ4n) is 1.81. The highest BCUT2D eigenvalue weighted by Crippen LogP contribution is 2.21. The molecule has 0 saturated carbocycles. The van der Waals surface area contributed by atoms with Crippen molar-refractivity contribution in [1.82, 2.24) is 10.6 Å². The van der Waals surface area contributed by atoms with Crippen LogP contribution in [0.4, 0.5) is 4.79 Å². The molecule has 0 aliphatic carbocycles. The molecule has 0 aromatic heterocycles. The fourth-order valence-corrected chi connectivity index (χ4v) is 2.11. The maximum absolute atomic E-state index is 11.9. The van der Waals surface area contributed by atoms with E-state index in [0.29, 0.717) is 5.02 Å². The van der Waals surface area contributed by atoms with Crippen molar-refractivity contribution < 1.29 is 14.3 Å². The summed E-state index contributed by atoms with van der Waals surface area (Å²) < 4.78 is 5.09. The minimum atomic E-state index is -0.551. The van der Waals surface area contributed by atoms with E-state index in [4.69, 9.17) is 16.3 Å². The van der Waals surface area contributed by atoms with Crippen LogP contribution in [-0.2, 0) is 9.53 Å². The number of amides is 2. The highest BCUT2D eigenvalue weighted by Gasteiger charge is 2.16. The van der Waals surface area contributed by atoms with Gasteiger partial charge in [0.1, 0.15) is 5.60 Å². The molecule has 5 nitrogen and oxygen atoms in total.